The van der Waals surface area contributed by atoms with Crippen LogP contribution in [0.25, 0.3) is 131 Å². The maximum absolute atomic E-state index is 4.80. The van der Waals surface area contributed by atoms with E-state index in [4.69, 9.17) is 24.9 Å². The Morgan fingerprint density at radius 1 is 0.176 bits per heavy atom. The molecule has 0 atom stereocenters. The van der Waals surface area contributed by atoms with Gasteiger partial charge in [-0.3, -0.25) is 9.97 Å². The zero-order chi connectivity index (χ0) is 71.9. The molecule has 0 saturated heterocycles. The second-order valence-corrected chi connectivity index (χ2v) is 28.4. The molecular formula is C95H89N7. The summed E-state index contributed by atoms with van der Waals surface area (Å²) >= 11 is 0. The molecule has 7 heterocycles. The Bertz CT molecular complexity index is 6160. The van der Waals surface area contributed by atoms with Gasteiger partial charge in [-0.05, 0) is 318 Å². The number of aromatic nitrogens is 7. The lowest BCUT2D eigenvalue weighted by atomic mass is 10.00. The van der Waals surface area contributed by atoms with E-state index in [1.807, 2.05) is 26.0 Å². The Balaban J connectivity index is 0.000000109. The van der Waals surface area contributed by atoms with E-state index in [0.29, 0.717) is 0 Å². The van der Waals surface area contributed by atoms with Crippen LogP contribution in [0, 0.1) is 125 Å². The predicted octanol–water partition coefficient (Wildman–Crippen LogP) is 25.3. The summed E-state index contributed by atoms with van der Waals surface area (Å²) in [5.74, 6) is 0. The van der Waals surface area contributed by atoms with Crippen molar-refractivity contribution in [2.45, 2.75) is 125 Å². The molecule has 7 aromatic heterocycles. The number of benzene rings is 11. The first-order valence-corrected chi connectivity index (χ1v) is 35.4. The fourth-order valence-corrected chi connectivity index (χ4v) is 13.4. The maximum Gasteiger partial charge on any atom is 0.0968 e. The zero-order valence-corrected chi connectivity index (χ0v) is 62.3. The molecule has 18 aromatic rings. The molecule has 0 radical (unpaired) electrons. The van der Waals surface area contributed by atoms with E-state index in [9.17, 15) is 0 Å². The molecule has 0 spiro atoms. The molecule has 11 aromatic carbocycles. The average Bonchev–Trinajstić information content (AvgIpc) is 0.814. The molecule has 102 heavy (non-hydrogen) atoms. The minimum atomic E-state index is 1.01. The van der Waals surface area contributed by atoms with Gasteiger partial charge < -0.3 is 0 Å². The highest BCUT2D eigenvalue weighted by atomic mass is 14.8. The van der Waals surface area contributed by atoms with E-state index >= 15 is 0 Å². The van der Waals surface area contributed by atoms with E-state index in [1.54, 1.807) is 0 Å². The molecule has 0 saturated carbocycles. The molecule has 504 valence electrons. The molecule has 0 aliphatic carbocycles. The van der Waals surface area contributed by atoms with E-state index in [0.717, 1.165) is 83.0 Å². The van der Waals surface area contributed by atoms with Crippen molar-refractivity contribution < 1.29 is 0 Å². The van der Waals surface area contributed by atoms with Crippen LogP contribution in [0.5, 0.6) is 0 Å². The first kappa shape index (κ1) is 69.1. The Labute approximate surface area is 599 Å². The number of fused-ring (bicyclic) bond motifs is 13. The van der Waals surface area contributed by atoms with Crippen LogP contribution in [0.2, 0.25) is 0 Å². The van der Waals surface area contributed by atoms with Gasteiger partial charge in [-0.15, -0.1) is 0 Å². The third-order valence-corrected chi connectivity index (χ3v) is 20.5. The fourth-order valence-electron chi connectivity index (χ4n) is 13.4. The van der Waals surface area contributed by atoms with E-state index in [2.05, 4.69) is 321 Å². The molecule has 0 amide bonds. The van der Waals surface area contributed by atoms with Crippen LogP contribution in [0.1, 0.15) is 100 Å². The summed E-state index contributed by atoms with van der Waals surface area (Å²) < 4.78 is 0. The van der Waals surface area contributed by atoms with Crippen LogP contribution in [0.15, 0.2) is 212 Å². The standard InChI is InChI=1S/5C16H15N.C15H14N2/c1-10-4-7-15-14(8-10)9-13-6-5-11(2)12(3)16(13)17-15;1-10-4-6-13-9-14-7-5-11(2)12(3)16(14)17-15(13)8-10;1-10-4-5-15-13(6-10)9-14-7-11(2)12(3)8-16(14)17-15;1-10-4-5-13-9-14-7-11(2)12(3)8-16(14)17-15(13)6-10;1-10-8-14-12(3)13-6-4-5-7-15(13)17-16(14)9-11(10)2;1-9-8-13-7-6-12-5-4-10(2)16-14(12)15(13)17-11(9)3/h5*4-9H,1-3H3;4-8H,1-3H3. The van der Waals surface area contributed by atoms with E-state index in [-0.39, 0.29) is 0 Å². The van der Waals surface area contributed by atoms with Gasteiger partial charge in [-0.1, -0.05) is 108 Å². The Hall–Kier alpha value is -11.4. The van der Waals surface area contributed by atoms with Gasteiger partial charge in [0, 0.05) is 76.0 Å². The monoisotopic (exact) mass is 1330 g/mol. The fraction of sp³-hybridized carbons (Fsp3) is 0.189. The lowest BCUT2D eigenvalue weighted by Crippen LogP contribution is -1.91. The van der Waals surface area contributed by atoms with Crippen molar-refractivity contribution in [2.75, 3.05) is 0 Å². The first-order chi connectivity index (χ1) is 48.9. The predicted molar refractivity (Wildman–Crippen MR) is 439 cm³/mol. The summed E-state index contributed by atoms with van der Waals surface area (Å²) in [6.45, 7) is 38.2. The van der Waals surface area contributed by atoms with Crippen LogP contribution in [-0.4, -0.2) is 34.9 Å². The zero-order valence-electron chi connectivity index (χ0n) is 62.3. The molecular weight excluding hydrogens is 1240 g/mol. The number of hydrogen-bond acceptors (Lipinski definition) is 7. The number of para-hydroxylation sites is 1. The van der Waals surface area contributed by atoms with Gasteiger partial charge in [0.15, 0.2) is 0 Å². The third kappa shape index (κ3) is 14.6. The van der Waals surface area contributed by atoms with Crippen molar-refractivity contribution in [1.82, 2.24) is 34.9 Å². The topological polar surface area (TPSA) is 90.2 Å². The summed E-state index contributed by atoms with van der Waals surface area (Å²) in [6.07, 6.45) is 0. The number of nitrogens with zero attached hydrogens (tertiary/aromatic N) is 7. The van der Waals surface area contributed by atoms with Crippen LogP contribution in [0.3, 0.4) is 0 Å². The first-order valence-electron chi connectivity index (χ1n) is 35.4. The van der Waals surface area contributed by atoms with Gasteiger partial charge >= 0.3 is 0 Å². The van der Waals surface area contributed by atoms with Crippen molar-refractivity contribution in [1.29, 1.82) is 0 Å². The molecule has 0 aliphatic rings. The molecule has 7 heteroatoms. The van der Waals surface area contributed by atoms with Crippen molar-refractivity contribution in [3.05, 3.63) is 313 Å². The lowest BCUT2D eigenvalue weighted by Gasteiger charge is -2.09. The van der Waals surface area contributed by atoms with Crippen molar-refractivity contribution in [3.8, 4) is 0 Å². The van der Waals surface area contributed by atoms with E-state index in [1.165, 1.54) is 148 Å². The highest BCUT2D eigenvalue weighted by Gasteiger charge is 2.12. The Morgan fingerprint density at radius 3 is 1.15 bits per heavy atom. The highest BCUT2D eigenvalue weighted by molar-refractivity contribution is 6.04. The third-order valence-electron chi connectivity index (χ3n) is 20.5. The minimum Gasteiger partial charge on any atom is -0.251 e. The van der Waals surface area contributed by atoms with Gasteiger partial charge in [0.1, 0.15) is 0 Å². The summed E-state index contributed by atoms with van der Waals surface area (Å²) in [6, 6.07) is 75.3. The van der Waals surface area contributed by atoms with Crippen LogP contribution in [-0.2, 0) is 0 Å². The summed E-state index contributed by atoms with van der Waals surface area (Å²) in [5, 5.41) is 14.6. The van der Waals surface area contributed by atoms with Gasteiger partial charge in [0.25, 0.3) is 0 Å². The second kappa shape index (κ2) is 28.7. The molecule has 0 aliphatic heterocycles. The molecule has 7 nitrogen and oxygen atoms in total. The number of rotatable bonds is 0. The van der Waals surface area contributed by atoms with Crippen molar-refractivity contribution in [2.24, 2.45) is 0 Å². The lowest BCUT2D eigenvalue weighted by molar-refractivity contribution is 1.19. The summed E-state index contributed by atoms with van der Waals surface area (Å²) in [5.41, 5.74) is 35.8. The molecule has 0 N–H and O–H groups in total. The second-order valence-electron chi connectivity index (χ2n) is 28.4. The highest BCUT2D eigenvalue weighted by Crippen LogP contribution is 2.32. The van der Waals surface area contributed by atoms with Gasteiger partial charge in [0.2, 0.25) is 0 Å². The number of aryl methyl sites for hydroxylation is 18. The maximum atomic E-state index is 4.80. The molecule has 0 fully saturated rings. The largest absolute Gasteiger partial charge is 0.251 e. The SMILES string of the molecule is Cc1cc2nc3ccccc3c(C)c2cc1C.Cc1ccc2cc3cc(C)c(C)cc3nc2c1.Cc1ccc2cc3ccc(C)c(C)c3nc2c1.Cc1ccc2ccc3cc(C)c(C)nc3c2n1.Cc1ccc2nc3c(C)c(C)ccc3cc2c1.Cc1ccc2nc3cc(C)c(C)cc3cc2c1. The quantitative estimate of drug-likeness (QED) is 0.110. The van der Waals surface area contributed by atoms with Gasteiger partial charge in [0.05, 0.1) is 66.2 Å². The molecule has 0 unspecified atom stereocenters. The van der Waals surface area contributed by atoms with Gasteiger partial charge in [-0.25, -0.2) is 24.9 Å². The van der Waals surface area contributed by atoms with Crippen LogP contribution in [0.4, 0.5) is 0 Å². The summed E-state index contributed by atoms with van der Waals surface area (Å²) in [4.78, 5) is 33.1. The van der Waals surface area contributed by atoms with Crippen molar-refractivity contribution in [3.63, 3.8) is 0 Å². The summed E-state index contributed by atoms with van der Waals surface area (Å²) in [7, 11) is 0. The van der Waals surface area contributed by atoms with E-state index < -0.39 is 0 Å². The molecule has 18 rings (SSSR count). The normalized spacial score (nSPS) is 11.2. The van der Waals surface area contributed by atoms with Crippen LogP contribution < -0.4 is 0 Å². The Kier molecular flexibility index (Phi) is 19.4. The number of hydrogen-bond donors (Lipinski definition) is 0. The van der Waals surface area contributed by atoms with Crippen LogP contribution >= 0.6 is 0 Å². The average molecular weight is 1330 g/mol. The van der Waals surface area contributed by atoms with Gasteiger partial charge in [-0.2, -0.15) is 0 Å². The number of pyridine rings is 7. The smallest absolute Gasteiger partial charge is 0.0968 e. The minimum absolute atomic E-state index is 1.01. The molecule has 0 bridgehead atoms. The Morgan fingerprint density at radius 2 is 0.549 bits per heavy atom. The van der Waals surface area contributed by atoms with Crippen molar-refractivity contribution >= 4 is 131 Å².